The molecule has 0 fully saturated rings. The monoisotopic (exact) mass is 388 g/mol. The number of H-pyrrole nitrogens is 2. The molecule has 138 valence electrons. The molecule has 0 aliphatic rings. The van der Waals surface area contributed by atoms with Gasteiger partial charge in [0, 0.05) is 45.0 Å². The van der Waals surface area contributed by atoms with Crippen LogP contribution in [0, 0.1) is 0 Å². The highest BCUT2D eigenvalue weighted by molar-refractivity contribution is 7.14. The normalized spacial score (nSPS) is 11.2. The number of fused-ring (bicyclic) bond motifs is 2. The van der Waals surface area contributed by atoms with Crippen LogP contribution in [0.4, 0.5) is 5.13 Å². The van der Waals surface area contributed by atoms with E-state index in [-0.39, 0.29) is 5.91 Å². The molecule has 28 heavy (non-hydrogen) atoms. The second-order valence-electron chi connectivity index (χ2n) is 6.38. The first-order valence-electron chi connectivity index (χ1n) is 8.71. The Morgan fingerprint density at radius 1 is 1.14 bits per heavy atom. The summed E-state index contributed by atoms with van der Waals surface area (Å²) in [5.74, 6) is 0.514. The highest BCUT2D eigenvalue weighted by Crippen LogP contribution is 2.31. The third-order valence-electron chi connectivity index (χ3n) is 4.66. The fourth-order valence-corrected chi connectivity index (χ4v) is 3.96. The molecule has 0 saturated heterocycles. The molecule has 0 bridgehead atoms. The summed E-state index contributed by atoms with van der Waals surface area (Å²) in [4.78, 5) is 23.6. The van der Waals surface area contributed by atoms with Crippen molar-refractivity contribution in [3.63, 3.8) is 0 Å². The van der Waals surface area contributed by atoms with Crippen LogP contribution >= 0.6 is 11.3 Å². The van der Waals surface area contributed by atoms with E-state index in [2.05, 4.69) is 26.3 Å². The Labute approximate surface area is 164 Å². The summed E-state index contributed by atoms with van der Waals surface area (Å²) in [5, 5.41) is 7.43. The lowest BCUT2D eigenvalue weighted by Crippen LogP contribution is -2.11. The van der Waals surface area contributed by atoms with Crippen molar-refractivity contribution in [3.05, 3.63) is 65.8 Å². The Balaban J connectivity index is 1.40. The van der Waals surface area contributed by atoms with Crippen molar-refractivity contribution in [1.82, 2.24) is 15.0 Å². The van der Waals surface area contributed by atoms with Gasteiger partial charge in [-0.2, -0.15) is 0 Å². The minimum Gasteiger partial charge on any atom is -0.497 e. The first-order valence-corrected chi connectivity index (χ1v) is 9.59. The maximum absolute atomic E-state index is 12.6. The van der Waals surface area contributed by atoms with E-state index in [9.17, 15) is 4.79 Å². The van der Waals surface area contributed by atoms with E-state index in [1.54, 1.807) is 7.11 Å². The number of thiazole rings is 1. The van der Waals surface area contributed by atoms with Crippen molar-refractivity contribution >= 4 is 44.2 Å². The fourth-order valence-electron chi connectivity index (χ4n) is 3.26. The van der Waals surface area contributed by atoms with Crippen LogP contribution < -0.4 is 10.1 Å². The van der Waals surface area contributed by atoms with E-state index in [1.807, 2.05) is 54.0 Å². The zero-order valence-electron chi connectivity index (χ0n) is 14.9. The van der Waals surface area contributed by atoms with Crippen LogP contribution in [0.2, 0.25) is 0 Å². The Morgan fingerprint density at radius 2 is 2.04 bits per heavy atom. The Kier molecular flexibility index (Phi) is 3.87. The average molecular weight is 388 g/mol. The molecule has 0 saturated carbocycles. The van der Waals surface area contributed by atoms with Gasteiger partial charge in [-0.1, -0.05) is 18.2 Å². The quantitative estimate of drug-likeness (QED) is 0.404. The second kappa shape index (κ2) is 6.54. The number of rotatable bonds is 4. The lowest BCUT2D eigenvalue weighted by atomic mass is 10.1. The van der Waals surface area contributed by atoms with Crippen LogP contribution in [0.15, 0.2) is 60.1 Å². The standard InChI is InChI=1S/C21H16N4O2S/c1-27-13-7-6-12-8-18(23-17(12)9-13)20(26)25-21-24-19(11-28-21)15-10-22-16-5-3-2-4-14(15)16/h2-11,22-23H,1H3,(H,24,25,26). The van der Waals surface area contributed by atoms with Crippen LogP contribution in [0.1, 0.15) is 10.5 Å². The third kappa shape index (κ3) is 2.82. The number of ether oxygens (including phenoxy) is 1. The number of anilines is 1. The average Bonchev–Trinajstić information content (AvgIpc) is 3.44. The zero-order valence-corrected chi connectivity index (χ0v) is 15.8. The van der Waals surface area contributed by atoms with E-state index in [0.717, 1.165) is 38.8 Å². The summed E-state index contributed by atoms with van der Waals surface area (Å²) in [6.07, 6.45) is 1.94. The highest BCUT2D eigenvalue weighted by atomic mass is 32.1. The Hall–Kier alpha value is -3.58. The van der Waals surface area contributed by atoms with Gasteiger partial charge in [-0.05, 0) is 24.3 Å². The predicted octanol–water partition coefficient (Wildman–Crippen LogP) is 5.03. The van der Waals surface area contributed by atoms with Crippen molar-refractivity contribution in [3.8, 4) is 17.0 Å². The van der Waals surface area contributed by atoms with E-state index < -0.39 is 0 Å². The summed E-state index contributed by atoms with van der Waals surface area (Å²) in [6.45, 7) is 0. The molecule has 1 amide bonds. The molecule has 2 aromatic carbocycles. The van der Waals surface area contributed by atoms with Gasteiger partial charge in [-0.15, -0.1) is 11.3 Å². The first kappa shape index (κ1) is 16.6. The van der Waals surface area contributed by atoms with Crippen LogP contribution in [0.5, 0.6) is 5.75 Å². The molecule has 0 unspecified atom stereocenters. The largest absolute Gasteiger partial charge is 0.497 e. The number of nitrogens with one attached hydrogen (secondary N) is 3. The van der Waals surface area contributed by atoms with E-state index in [1.165, 1.54) is 11.3 Å². The van der Waals surface area contributed by atoms with Gasteiger partial charge in [0.15, 0.2) is 5.13 Å². The summed E-state index contributed by atoms with van der Waals surface area (Å²) < 4.78 is 5.22. The number of aromatic amines is 2. The van der Waals surface area contributed by atoms with Gasteiger partial charge in [0.1, 0.15) is 11.4 Å². The summed E-state index contributed by atoms with van der Waals surface area (Å²) >= 11 is 1.40. The summed E-state index contributed by atoms with van der Waals surface area (Å²) in [7, 11) is 1.62. The van der Waals surface area contributed by atoms with E-state index >= 15 is 0 Å². The molecular weight excluding hydrogens is 372 g/mol. The van der Waals surface area contributed by atoms with Crippen molar-refractivity contribution in [2.24, 2.45) is 0 Å². The molecule has 0 aliphatic carbocycles. The topological polar surface area (TPSA) is 82.8 Å². The number of amides is 1. The van der Waals surface area contributed by atoms with Crippen molar-refractivity contribution in [1.29, 1.82) is 0 Å². The number of hydrogen-bond donors (Lipinski definition) is 3. The van der Waals surface area contributed by atoms with Crippen molar-refractivity contribution in [2.45, 2.75) is 0 Å². The summed E-state index contributed by atoms with van der Waals surface area (Å²) in [5.41, 5.74) is 4.24. The molecule has 0 radical (unpaired) electrons. The van der Waals surface area contributed by atoms with Crippen LogP contribution in [-0.2, 0) is 0 Å². The van der Waals surface area contributed by atoms with Crippen molar-refractivity contribution < 1.29 is 9.53 Å². The maximum atomic E-state index is 12.6. The maximum Gasteiger partial charge on any atom is 0.273 e. The number of methoxy groups -OCH3 is 1. The molecule has 0 atom stereocenters. The molecule has 0 spiro atoms. The minimum absolute atomic E-state index is 0.227. The van der Waals surface area contributed by atoms with E-state index in [4.69, 9.17) is 4.74 Å². The molecule has 0 aliphatic heterocycles. The number of benzene rings is 2. The number of aromatic nitrogens is 3. The SMILES string of the molecule is COc1ccc2cc(C(=O)Nc3nc(-c4c[nH]c5ccccc45)cs3)[nH]c2c1. The highest BCUT2D eigenvalue weighted by Gasteiger charge is 2.14. The van der Waals surface area contributed by atoms with Crippen LogP contribution in [0.25, 0.3) is 33.1 Å². The summed E-state index contributed by atoms with van der Waals surface area (Å²) in [6, 6.07) is 15.5. The molecule has 7 heteroatoms. The predicted molar refractivity (Wildman–Crippen MR) is 112 cm³/mol. The number of carbonyl (C=O) groups is 1. The zero-order chi connectivity index (χ0) is 19.1. The molecular formula is C21H16N4O2S. The third-order valence-corrected chi connectivity index (χ3v) is 5.42. The number of para-hydroxylation sites is 1. The first-order chi connectivity index (χ1) is 13.7. The minimum atomic E-state index is -0.227. The van der Waals surface area contributed by atoms with Gasteiger partial charge in [0.05, 0.1) is 12.8 Å². The lowest BCUT2D eigenvalue weighted by molar-refractivity contribution is 0.102. The van der Waals surface area contributed by atoms with Gasteiger partial charge in [0.2, 0.25) is 0 Å². The molecule has 5 aromatic rings. The number of nitrogens with zero attached hydrogens (tertiary/aromatic N) is 1. The Morgan fingerprint density at radius 3 is 2.93 bits per heavy atom. The van der Waals surface area contributed by atoms with Crippen LogP contribution in [-0.4, -0.2) is 28.0 Å². The number of carbonyl (C=O) groups excluding carboxylic acids is 1. The van der Waals surface area contributed by atoms with Gasteiger partial charge < -0.3 is 14.7 Å². The fraction of sp³-hybridized carbons (Fsp3) is 0.0476. The van der Waals surface area contributed by atoms with Crippen molar-refractivity contribution in [2.75, 3.05) is 12.4 Å². The smallest absolute Gasteiger partial charge is 0.273 e. The van der Waals surface area contributed by atoms with Gasteiger partial charge in [-0.25, -0.2) is 4.98 Å². The molecule has 6 nitrogen and oxygen atoms in total. The number of hydrogen-bond acceptors (Lipinski definition) is 4. The Bertz CT molecular complexity index is 1310. The van der Waals surface area contributed by atoms with Crippen LogP contribution in [0.3, 0.4) is 0 Å². The van der Waals surface area contributed by atoms with E-state index in [0.29, 0.717) is 10.8 Å². The van der Waals surface area contributed by atoms with Gasteiger partial charge >= 0.3 is 0 Å². The molecule has 3 aromatic heterocycles. The van der Waals surface area contributed by atoms with Gasteiger partial charge in [0.25, 0.3) is 5.91 Å². The van der Waals surface area contributed by atoms with Gasteiger partial charge in [-0.3, -0.25) is 10.1 Å². The second-order valence-corrected chi connectivity index (χ2v) is 7.23. The molecule has 3 heterocycles. The lowest BCUT2D eigenvalue weighted by Gasteiger charge is -1.99. The molecule has 3 N–H and O–H groups in total. The molecule has 5 rings (SSSR count).